The lowest BCUT2D eigenvalue weighted by molar-refractivity contribution is -0.385. The van der Waals surface area contributed by atoms with Gasteiger partial charge in [0.25, 0.3) is 5.69 Å². The number of nitrogens with one attached hydrogen (secondary N) is 1. The predicted octanol–water partition coefficient (Wildman–Crippen LogP) is 3.78. The zero-order valence-corrected chi connectivity index (χ0v) is 13.9. The summed E-state index contributed by atoms with van der Waals surface area (Å²) in [6, 6.07) is 13.0. The zero-order chi connectivity index (χ0) is 15.5. The summed E-state index contributed by atoms with van der Waals surface area (Å²) in [5.41, 5.74) is 3.07. The van der Waals surface area contributed by atoms with Crippen LogP contribution in [0.2, 0.25) is 5.02 Å². The minimum Gasteiger partial charge on any atom is -0.365 e. The number of nitro groups is 1. The Balaban J connectivity index is 0.00000192. The second kappa shape index (κ2) is 7.64. The number of rotatable bonds is 3. The molecule has 7 heteroatoms. The molecule has 0 aromatic heterocycles. The van der Waals surface area contributed by atoms with Crippen molar-refractivity contribution in [3.8, 4) is 0 Å². The Labute approximate surface area is 145 Å². The van der Waals surface area contributed by atoms with Crippen LogP contribution in [0.1, 0.15) is 11.1 Å². The summed E-state index contributed by atoms with van der Waals surface area (Å²) >= 11 is 5.88. The molecular weight excluding hydrogens is 337 g/mol. The summed E-state index contributed by atoms with van der Waals surface area (Å²) in [7, 11) is 0. The number of anilines is 1. The molecule has 0 amide bonds. The Morgan fingerprint density at radius 1 is 1.26 bits per heavy atom. The molecule has 0 saturated heterocycles. The quantitative estimate of drug-likeness (QED) is 0.673. The lowest BCUT2D eigenvalue weighted by atomic mass is 10.1. The molecule has 23 heavy (non-hydrogen) atoms. The molecule has 1 heterocycles. The van der Waals surface area contributed by atoms with Crippen molar-refractivity contribution in [2.45, 2.75) is 13.1 Å². The van der Waals surface area contributed by atoms with Crippen LogP contribution in [-0.4, -0.2) is 18.0 Å². The molecule has 0 unspecified atom stereocenters. The minimum absolute atomic E-state index is 0. The first-order valence-electron chi connectivity index (χ1n) is 7.11. The average molecular weight is 354 g/mol. The Morgan fingerprint density at radius 2 is 2.04 bits per heavy atom. The van der Waals surface area contributed by atoms with Gasteiger partial charge in [0.2, 0.25) is 0 Å². The monoisotopic (exact) mass is 353 g/mol. The van der Waals surface area contributed by atoms with Crippen LogP contribution in [0.5, 0.6) is 0 Å². The Hall–Kier alpha value is -1.82. The number of nitrogens with zero attached hydrogens (tertiary/aromatic N) is 2. The maximum Gasteiger partial charge on any atom is 0.275 e. The number of nitro benzene ring substituents is 1. The van der Waals surface area contributed by atoms with E-state index in [2.05, 4.69) is 22.3 Å². The summed E-state index contributed by atoms with van der Waals surface area (Å²) in [6.07, 6.45) is 0. The van der Waals surface area contributed by atoms with Crippen molar-refractivity contribution in [3.63, 3.8) is 0 Å². The van der Waals surface area contributed by atoms with Crippen LogP contribution in [0.25, 0.3) is 0 Å². The summed E-state index contributed by atoms with van der Waals surface area (Å²) in [6.45, 7) is 2.95. The molecule has 1 N–H and O–H groups in total. The highest BCUT2D eigenvalue weighted by Crippen LogP contribution is 2.28. The minimum atomic E-state index is -0.372. The van der Waals surface area contributed by atoms with Crippen molar-refractivity contribution < 1.29 is 4.92 Å². The highest BCUT2D eigenvalue weighted by molar-refractivity contribution is 6.30. The summed E-state index contributed by atoms with van der Waals surface area (Å²) in [5, 5.41) is 15.0. The van der Waals surface area contributed by atoms with Gasteiger partial charge in [0.05, 0.1) is 4.92 Å². The summed E-state index contributed by atoms with van der Waals surface area (Å²) in [5.74, 6) is 0. The van der Waals surface area contributed by atoms with Crippen LogP contribution in [0.4, 0.5) is 11.4 Å². The Bertz CT molecular complexity index is 709. The van der Waals surface area contributed by atoms with Crippen molar-refractivity contribution in [1.82, 2.24) is 5.32 Å². The van der Waals surface area contributed by atoms with Crippen molar-refractivity contribution in [2.75, 3.05) is 18.0 Å². The second-order valence-corrected chi connectivity index (χ2v) is 5.69. The molecule has 0 radical (unpaired) electrons. The normalized spacial score (nSPS) is 13.7. The second-order valence-electron chi connectivity index (χ2n) is 5.26. The van der Waals surface area contributed by atoms with Gasteiger partial charge in [0, 0.05) is 48.5 Å². The SMILES string of the molecule is Cl.O=[N+]([O-])c1cc(Cl)ccc1CN1CCNCc2ccccc21. The first-order valence-corrected chi connectivity index (χ1v) is 7.49. The fourth-order valence-electron chi connectivity index (χ4n) is 2.74. The van der Waals surface area contributed by atoms with Gasteiger partial charge in [-0.3, -0.25) is 10.1 Å². The van der Waals surface area contributed by atoms with E-state index >= 15 is 0 Å². The molecule has 0 saturated carbocycles. The smallest absolute Gasteiger partial charge is 0.275 e. The fourth-order valence-corrected chi connectivity index (χ4v) is 2.90. The number of benzene rings is 2. The molecule has 0 bridgehead atoms. The number of fused-ring (bicyclic) bond motifs is 1. The van der Waals surface area contributed by atoms with Crippen LogP contribution < -0.4 is 10.2 Å². The highest BCUT2D eigenvalue weighted by atomic mass is 35.5. The lowest BCUT2D eigenvalue weighted by Crippen LogP contribution is -2.28. The molecular formula is C16H17Cl2N3O2. The molecule has 0 aliphatic carbocycles. The predicted molar refractivity (Wildman–Crippen MR) is 94.6 cm³/mol. The van der Waals surface area contributed by atoms with Gasteiger partial charge in [-0.25, -0.2) is 0 Å². The van der Waals surface area contributed by atoms with Crippen molar-refractivity contribution in [3.05, 3.63) is 68.7 Å². The van der Waals surface area contributed by atoms with Crippen LogP contribution in [0.15, 0.2) is 42.5 Å². The topological polar surface area (TPSA) is 58.4 Å². The standard InChI is InChI=1S/C16H16ClN3O2.ClH/c17-14-6-5-13(16(9-14)20(21)22)11-19-8-7-18-10-12-3-1-2-4-15(12)19;/h1-6,9,18H,7-8,10-11H2;1H. The van der Waals surface area contributed by atoms with Gasteiger partial charge in [-0.2, -0.15) is 0 Å². The molecule has 0 spiro atoms. The number of hydrogen-bond donors (Lipinski definition) is 1. The average Bonchev–Trinajstić information content (AvgIpc) is 2.71. The molecule has 1 aliphatic heterocycles. The molecule has 0 fully saturated rings. The molecule has 3 rings (SSSR count). The van der Waals surface area contributed by atoms with Gasteiger partial charge >= 0.3 is 0 Å². The van der Waals surface area contributed by atoms with E-state index in [1.807, 2.05) is 12.1 Å². The third-order valence-electron chi connectivity index (χ3n) is 3.81. The van der Waals surface area contributed by atoms with Crippen molar-refractivity contribution >= 4 is 35.4 Å². The first-order chi connectivity index (χ1) is 10.6. The van der Waals surface area contributed by atoms with Gasteiger partial charge < -0.3 is 10.2 Å². The van der Waals surface area contributed by atoms with Crippen LogP contribution in [0, 0.1) is 10.1 Å². The van der Waals surface area contributed by atoms with E-state index in [1.165, 1.54) is 11.6 Å². The molecule has 0 atom stereocenters. The maximum atomic E-state index is 11.2. The molecule has 1 aliphatic rings. The van der Waals surface area contributed by atoms with Crippen molar-refractivity contribution in [2.24, 2.45) is 0 Å². The lowest BCUT2D eigenvalue weighted by Gasteiger charge is -2.24. The number of para-hydroxylation sites is 1. The fraction of sp³-hybridized carbons (Fsp3) is 0.250. The Kier molecular flexibility index (Phi) is 5.82. The third kappa shape index (κ3) is 3.93. The largest absolute Gasteiger partial charge is 0.365 e. The maximum absolute atomic E-state index is 11.2. The number of hydrogen-bond acceptors (Lipinski definition) is 4. The van der Waals surface area contributed by atoms with Gasteiger partial charge in [0.1, 0.15) is 0 Å². The molecule has 122 valence electrons. The van der Waals surface area contributed by atoms with E-state index in [-0.39, 0.29) is 23.0 Å². The van der Waals surface area contributed by atoms with Crippen LogP contribution >= 0.6 is 24.0 Å². The van der Waals surface area contributed by atoms with E-state index in [1.54, 1.807) is 12.1 Å². The summed E-state index contributed by atoms with van der Waals surface area (Å²) in [4.78, 5) is 13.0. The molecule has 2 aromatic carbocycles. The van der Waals surface area contributed by atoms with E-state index in [9.17, 15) is 10.1 Å². The van der Waals surface area contributed by atoms with E-state index in [0.717, 1.165) is 25.3 Å². The van der Waals surface area contributed by atoms with E-state index in [0.29, 0.717) is 17.1 Å². The molecule has 5 nitrogen and oxygen atoms in total. The van der Waals surface area contributed by atoms with Crippen LogP contribution in [-0.2, 0) is 13.1 Å². The molecule has 2 aromatic rings. The van der Waals surface area contributed by atoms with Crippen LogP contribution in [0.3, 0.4) is 0 Å². The zero-order valence-electron chi connectivity index (χ0n) is 12.4. The third-order valence-corrected chi connectivity index (χ3v) is 4.05. The van der Waals surface area contributed by atoms with Gasteiger partial charge in [-0.1, -0.05) is 29.8 Å². The highest BCUT2D eigenvalue weighted by Gasteiger charge is 2.20. The van der Waals surface area contributed by atoms with Crippen molar-refractivity contribution in [1.29, 1.82) is 0 Å². The Morgan fingerprint density at radius 3 is 2.83 bits per heavy atom. The van der Waals surface area contributed by atoms with Gasteiger partial charge in [0.15, 0.2) is 0 Å². The van der Waals surface area contributed by atoms with Gasteiger partial charge in [-0.15, -0.1) is 12.4 Å². The van der Waals surface area contributed by atoms with E-state index < -0.39 is 0 Å². The summed E-state index contributed by atoms with van der Waals surface area (Å²) < 4.78 is 0. The first kappa shape index (κ1) is 17.5. The van der Waals surface area contributed by atoms with E-state index in [4.69, 9.17) is 11.6 Å². The number of halogens is 2. The van der Waals surface area contributed by atoms with Gasteiger partial charge in [-0.05, 0) is 23.8 Å².